The number of nitrogens with zero attached hydrogens (tertiary/aromatic N) is 4. The van der Waals surface area contributed by atoms with Crippen molar-refractivity contribution in [1.29, 1.82) is 0 Å². The molecule has 1 aliphatic heterocycles. The molecule has 1 fully saturated rings. The van der Waals surface area contributed by atoms with Crippen molar-refractivity contribution < 1.29 is 9.59 Å². The molecule has 124 valence electrons. The summed E-state index contributed by atoms with van der Waals surface area (Å²) in [6.45, 7) is 2.29. The van der Waals surface area contributed by atoms with Gasteiger partial charge in [0.15, 0.2) is 0 Å². The molecule has 0 N–H and O–H groups in total. The molecule has 6 nitrogen and oxygen atoms in total. The van der Waals surface area contributed by atoms with Gasteiger partial charge in [0.25, 0.3) is 11.8 Å². The molecule has 0 unspecified atom stereocenters. The van der Waals surface area contributed by atoms with E-state index in [9.17, 15) is 9.59 Å². The topological polar surface area (TPSA) is 66.4 Å². The highest BCUT2D eigenvalue weighted by Gasteiger charge is 2.24. The second-order valence-corrected chi connectivity index (χ2v) is 6.67. The molecule has 0 atom stereocenters. The molecule has 2 aromatic rings. The van der Waals surface area contributed by atoms with E-state index < -0.39 is 0 Å². The maximum absolute atomic E-state index is 12.7. The summed E-state index contributed by atoms with van der Waals surface area (Å²) in [4.78, 5) is 36.8. The van der Waals surface area contributed by atoms with Crippen molar-refractivity contribution in [2.45, 2.75) is 6.42 Å². The van der Waals surface area contributed by atoms with Gasteiger partial charge in [-0.2, -0.15) is 0 Å². The number of hydrogen-bond donors (Lipinski definition) is 0. The highest BCUT2D eigenvalue weighted by atomic mass is 127. The number of hydrogen-bond acceptors (Lipinski definition) is 4. The summed E-state index contributed by atoms with van der Waals surface area (Å²) in [5.74, 6) is -0.111. The van der Waals surface area contributed by atoms with Crippen molar-refractivity contribution in [3.63, 3.8) is 0 Å². The van der Waals surface area contributed by atoms with Crippen LogP contribution < -0.4 is 0 Å². The van der Waals surface area contributed by atoms with E-state index in [1.54, 1.807) is 11.1 Å². The normalized spacial score (nSPS) is 15.0. The summed E-state index contributed by atoms with van der Waals surface area (Å²) >= 11 is 2.18. The van der Waals surface area contributed by atoms with Gasteiger partial charge in [-0.15, -0.1) is 0 Å². The first-order valence-electron chi connectivity index (χ1n) is 7.76. The number of carbonyl (C=O) groups is 2. The summed E-state index contributed by atoms with van der Waals surface area (Å²) in [5, 5.41) is 0. The van der Waals surface area contributed by atoms with Crippen molar-refractivity contribution in [1.82, 2.24) is 19.8 Å². The van der Waals surface area contributed by atoms with E-state index in [1.165, 1.54) is 12.4 Å². The van der Waals surface area contributed by atoms with E-state index in [1.807, 2.05) is 29.2 Å². The Morgan fingerprint density at radius 3 is 2.33 bits per heavy atom. The first kappa shape index (κ1) is 16.8. The second kappa shape index (κ2) is 7.69. The van der Waals surface area contributed by atoms with E-state index in [2.05, 4.69) is 32.6 Å². The maximum Gasteiger partial charge on any atom is 0.274 e. The zero-order chi connectivity index (χ0) is 16.9. The Balaban J connectivity index is 1.68. The fraction of sp³-hybridized carbons (Fsp3) is 0.294. The van der Waals surface area contributed by atoms with Gasteiger partial charge in [-0.3, -0.25) is 14.6 Å². The minimum absolute atomic E-state index is 0.0220. The highest BCUT2D eigenvalue weighted by molar-refractivity contribution is 14.1. The molecule has 0 spiro atoms. The molecule has 2 amide bonds. The van der Waals surface area contributed by atoms with Crippen LogP contribution in [0.2, 0.25) is 0 Å². The van der Waals surface area contributed by atoms with Crippen molar-refractivity contribution in [3.8, 4) is 0 Å². The largest absolute Gasteiger partial charge is 0.337 e. The van der Waals surface area contributed by atoms with Crippen LogP contribution in [-0.2, 0) is 0 Å². The number of rotatable bonds is 2. The van der Waals surface area contributed by atoms with Gasteiger partial charge in [0.05, 0.1) is 11.8 Å². The van der Waals surface area contributed by atoms with Crippen LogP contribution in [0.15, 0.2) is 42.9 Å². The summed E-state index contributed by atoms with van der Waals surface area (Å²) in [5.41, 5.74) is 1.06. The monoisotopic (exact) mass is 436 g/mol. The Kier molecular flexibility index (Phi) is 5.39. The average Bonchev–Trinajstić information content (AvgIpc) is 2.88. The van der Waals surface area contributed by atoms with Gasteiger partial charge in [0.1, 0.15) is 5.69 Å². The van der Waals surface area contributed by atoms with Gasteiger partial charge in [0, 0.05) is 42.1 Å². The number of amides is 2. The second-order valence-electron chi connectivity index (χ2n) is 5.51. The van der Waals surface area contributed by atoms with Gasteiger partial charge in [-0.1, -0.05) is 12.1 Å². The summed E-state index contributed by atoms with van der Waals surface area (Å²) < 4.78 is 0.942. The number of aromatic nitrogens is 2. The fourth-order valence-electron chi connectivity index (χ4n) is 2.70. The first-order valence-corrected chi connectivity index (χ1v) is 8.84. The van der Waals surface area contributed by atoms with Gasteiger partial charge in [-0.05, 0) is 41.1 Å². The molecule has 0 bridgehead atoms. The van der Waals surface area contributed by atoms with Crippen LogP contribution >= 0.6 is 22.6 Å². The smallest absolute Gasteiger partial charge is 0.274 e. The third-order valence-corrected chi connectivity index (χ3v) is 4.90. The molecular formula is C17H17IN4O2. The molecule has 0 aliphatic carbocycles. The molecule has 1 aliphatic rings. The third kappa shape index (κ3) is 3.72. The van der Waals surface area contributed by atoms with Crippen LogP contribution in [0.25, 0.3) is 0 Å². The fourth-order valence-corrected chi connectivity index (χ4v) is 3.32. The van der Waals surface area contributed by atoms with Crippen molar-refractivity contribution in [2.75, 3.05) is 26.2 Å². The molecule has 1 saturated heterocycles. The summed E-state index contributed by atoms with van der Waals surface area (Å²) in [6, 6.07) is 7.56. The van der Waals surface area contributed by atoms with E-state index in [4.69, 9.17) is 0 Å². The van der Waals surface area contributed by atoms with Crippen LogP contribution in [0.4, 0.5) is 0 Å². The van der Waals surface area contributed by atoms with Crippen LogP contribution in [-0.4, -0.2) is 57.8 Å². The maximum atomic E-state index is 12.7. The van der Waals surface area contributed by atoms with Crippen molar-refractivity contribution in [3.05, 3.63) is 57.7 Å². The van der Waals surface area contributed by atoms with Gasteiger partial charge >= 0.3 is 0 Å². The van der Waals surface area contributed by atoms with E-state index in [0.29, 0.717) is 37.4 Å². The Morgan fingerprint density at radius 1 is 0.958 bits per heavy atom. The van der Waals surface area contributed by atoms with Gasteiger partial charge in [-0.25, -0.2) is 4.98 Å². The standard InChI is InChI=1S/C17H17IN4O2/c18-14-5-2-1-4-13(14)16(23)21-8-3-9-22(11-10-21)17(24)15-12-19-6-7-20-15/h1-2,4-7,12H,3,8-11H2. The van der Waals surface area contributed by atoms with Crippen LogP contribution in [0.3, 0.4) is 0 Å². The Labute approximate surface area is 154 Å². The van der Waals surface area contributed by atoms with Gasteiger partial charge < -0.3 is 9.80 Å². The molecule has 1 aromatic heterocycles. The number of benzene rings is 1. The highest BCUT2D eigenvalue weighted by Crippen LogP contribution is 2.16. The molecular weight excluding hydrogens is 419 g/mol. The predicted molar refractivity (Wildman–Crippen MR) is 97.6 cm³/mol. The average molecular weight is 436 g/mol. The molecule has 3 rings (SSSR count). The zero-order valence-electron chi connectivity index (χ0n) is 13.1. The molecule has 24 heavy (non-hydrogen) atoms. The molecule has 7 heteroatoms. The minimum atomic E-state index is -0.133. The lowest BCUT2D eigenvalue weighted by Crippen LogP contribution is -2.37. The lowest BCUT2D eigenvalue weighted by atomic mass is 10.2. The van der Waals surface area contributed by atoms with Gasteiger partial charge in [0.2, 0.25) is 0 Å². The predicted octanol–water partition coefficient (Wildman–Crippen LogP) is 2.07. The Hall–Kier alpha value is -2.03. The van der Waals surface area contributed by atoms with Crippen LogP contribution in [0.1, 0.15) is 27.3 Å². The Bertz CT molecular complexity index is 738. The lowest BCUT2D eigenvalue weighted by molar-refractivity contribution is 0.0715. The summed E-state index contributed by atoms with van der Waals surface area (Å²) in [7, 11) is 0. The number of halogens is 1. The minimum Gasteiger partial charge on any atom is -0.337 e. The van der Waals surface area contributed by atoms with Crippen LogP contribution in [0.5, 0.6) is 0 Å². The summed E-state index contributed by atoms with van der Waals surface area (Å²) in [6.07, 6.45) is 5.28. The first-order chi connectivity index (χ1) is 11.7. The molecule has 0 saturated carbocycles. The van der Waals surface area contributed by atoms with Crippen molar-refractivity contribution >= 4 is 34.4 Å². The SMILES string of the molecule is O=C(c1cnccn1)N1CCCN(C(=O)c2ccccc2I)CC1. The van der Waals surface area contributed by atoms with Crippen molar-refractivity contribution in [2.24, 2.45) is 0 Å². The zero-order valence-corrected chi connectivity index (χ0v) is 15.2. The Morgan fingerprint density at radius 2 is 1.67 bits per heavy atom. The van der Waals surface area contributed by atoms with Crippen LogP contribution in [0, 0.1) is 3.57 Å². The van der Waals surface area contributed by atoms with E-state index >= 15 is 0 Å². The molecule has 2 heterocycles. The molecule has 1 aromatic carbocycles. The third-order valence-electron chi connectivity index (χ3n) is 3.96. The number of carbonyl (C=O) groups excluding carboxylic acids is 2. The van der Waals surface area contributed by atoms with E-state index in [-0.39, 0.29) is 11.8 Å². The quantitative estimate of drug-likeness (QED) is 0.677. The molecule has 0 radical (unpaired) electrons. The lowest BCUT2D eigenvalue weighted by Gasteiger charge is -2.22. The van der Waals surface area contributed by atoms with E-state index in [0.717, 1.165) is 9.99 Å².